The van der Waals surface area contributed by atoms with Gasteiger partial charge in [0.25, 0.3) is 10.0 Å². The number of aryl methyl sites for hydroxylation is 1. The largest absolute Gasteiger partial charge is 0.317 e. The molecule has 1 saturated heterocycles. The quantitative estimate of drug-likeness (QED) is 0.693. The standard InChI is InChI=1S/C15H22N6O2S/c1-2-13-17-8-14(21(13)9-10-3-4-10)24(22,23)20-15-12(7-18-19-15)11-5-16-6-11/h7-8,10-11,16H,2-6,9H2,1H3,(H2,18,19,20). The highest BCUT2D eigenvalue weighted by Gasteiger charge is 2.30. The van der Waals surface area contributed by atoms with Gasteiger partial charge >= 0.3 is 0 Å². The van der Waals surface area contributed by atoms with E-state index in [-0.39, 0.29) is 5.03 Å². The van der Waals surface area contributed by atoms with Gasteiger partial charge in [0.2, 0.25) is 0 Å². The summed E-state index contributed by atoms with van der Waals surface area (Å²) >= 11 is 0. The van der Waals surface area contributed by atoms with E-state index < -0.39 is 10.0 Å². The normalized spacial score (nSPS) is 18.5. The lowest BCUT2D eigenvalue weighted by atomic mass is 9.96. The van der Waals surface area contributed by atoms with Crippen LogP contribution in [-0.2, 0) is 23.0 Å². The van der Waals surface area contributed by atoms with Gasteiger partial charge in [-0.25, -0.2) is 4.98 Å². The van der Waals surface area contributed by atoms with E-state index in [1.807, 2.05) is 11.5 Å². The molecule has 2 aliphatic rings. The van der Waals surface area contributed by atoms with Gasteiger partial charge in [-0.2, -0.15) is 13.5 Å². The van der Waals surface area contributed by atoms with E-state index >= 15 is 0 Å². The Balaban J connectivity index is 1.63. The first-order valence-corrected chi connectivity index (χ1v) is 9.88. The van der Waals surface area contributed by atoms with Crippen molar-refractivity contribution in [2.45, 2.75) is 43.7 Å². The van der Waals surface area contributed by atoms with Crippen LogP contribution in [0.3, 0.4) is 0 Å². The Morgan fingerprint density at radius 3 is 2.75 bits per heavy atom. The van der Waals surface area contributed by atoms with Crippen molar-refractivity contribution in [2.24, 2.45) is 5.92 Å². The van der Waals surface area contributed by atoms with Gasteiger partial charge in [0.15, 0.2) is 5.03 Å². The minimum atomic E-state index is -3.70. The van der Waals surface area contributed by atoms with Crippen LogP contribution in [0.15, 0.2) is 17.4 Å². The van der Waals surface area contributed by atoms with Crippen molar-refractivity contribution < 1.29 is 8.42 Å². The summed E-state index contributed by atoms with van der Waals surface area (Å²) in [6.45, 7) is 4.40. The molecule has 2 fully saturated rings. The molecule has 3 N–H and O–H groups in total. The molecule has 9 heteroatoms. The van der Waals surface area contributed by atoms with Gasteiger partial charge in [0.05, 0.1) is 12.4 Å². The third-order valence-electron chi connectivity index (χ3n) is 4.76. The second kappa shape index (κ2) is 5.89. The number of aromatic amines is 1. The molecule has 0 radical (unpaired) electrons. The Hall–Kier alpha value is -1.87. The first-order chi connectivity index (χ1) is 11.6. The Labute approximate surface area is 141 Å². The van der Waals surface area contributed by atoms with Crippen molar-refractivity contribution in [3.05, 3.63) is 23.8 Å². The highest BCUT2D eigenvalue weighted by atomic mass is 32.2. The monoisotopic (exact) mass is 350 g/mol. The second-order valence-corrected chi connectivity index (χ2v) is 8.21. The van der Waals surface area contributed by atoms with Crippen molar-refractivity contribution in [3.63, 3.8) is 0 Å². The molecule has 0 spiro atoms. The van der Waals surface area contributed by atoms with E-state index in [9.17, 15) is 8.42 Å². The SMILES string of the molecule is CCc1ncc(S(=O)(=O)Nc2[nH]ncc2C2CNC2)n1CC1CC1. The summed E-state index contributed by atoms with van der Waals surface area (Å²) in [5, 5.41) is 10.2. The maximum atomic E-state index is 12.9. The van der Waals surface area contributed by atoms with Crippen molar-refractivity contribution in [2.75, 3.05) is 17.8 Å². The first kappa shape index (κ1) is 15.6. The molecule has 130 valence electrons. The number of nitrogens with zero attached hydrogens (tertiary/aromatic N) is 3. The van der Waals surface area contributed by atoms with Crippen LogP contribution in [0, 0.1) is 5.92 Å². The van der Waals surface area contributed by atoms with Gasteiger partial charge < -0.3 is 9.88 Å². The maximum absolute atomic E-state index is 12.9. The highest BCUT2D eigenvalue weighted by molar-refractivity contribution is 7.92. The number of sulfonamides is 1. The predicted molar refractivity (Wildman–Crippen MR) is 89.3 cm³/mol. The molecule has 0 aromatic carbocycles. The average molecular weight is 350 g/mol. The molecule has 4 rings (SSSR count). The molecule has 0 atom stereocenters. The second-order valence-electron chi connectivity index (χ2n) is 6.58. The topological polar surface area (TPSA) is 105 Å². The van der Waals surface area contributed by atoms with E-state index in [1.54, 1.807) is 6.20 Å². The molecular weight excluding hydrogens is 328 g/mol. The number of aromatic nitrogens is 4. The van der Waals surface area contributed by atoms with Gasteiger partial charge in [-0.15, -0.1) is 0 Å². The van der Waals surface area contributed by atoms with E-state index in [0.29, 0.717) is 24.1 Å². The number of imidazole rings is 1. The van der Waals surface area contributed by atoms with E-state index in [4.69, 9.17) is 0 Å². The van der Waals surface area contributed by atoms with E-state index in [1.165, 1.54) is 6.20 Å². The van der Waals surface area contributed by atoms with Gasteiger partial charge in [0.1, 0.15) is 11.6 Å². The Morgan fingerprint density at radius 2 is 2.12 bits per heavy atom. The zero-order valence-corrected chi connectivity index (χ0v) is 14.4. The highest BCUT2D eigenvalue weighted by Crippen LogP contribution is 2.33. The Kier molecular flexibility index (Phi) is 3.84. The summed E-state index contributed by atoms with van der Waals surface area (Å²) in [7, 11) is -3.70. The zero-order chi connectivity index (χ0) is 16.7. The third kappa shape index (κ3) is 2.82. The number of H-pyrrole nitrogens is 1. The minimum absolute atomic E-state index is 0.235. The molecule has 0 bridgehead atoms. The number of rotatable bonds is 7. The molecule has 1 saturated carbocycles. The number of hydrogen-bond acceptors (Lipinski definition) is 5. The van der Waals surface area contributed by atoms with Crippen molar-refractivity contribution in [1.29, 1.82) is 0 Å². The molecule has 0 unspecified atom stereocenters. The molecule has 2 aromatic rings. The molecule has 24 heavy (non-hydrogen) atoms. The van der Waals surface area contributed by atoms with Crippen LogP contribution in [0.25, 0.3) is 0 Å². The summed E-state index contributed by atoms with van der Waals surface area (Å²) in [4.78, 5) is 4.30. The molecular formula is C15H22N6O2S. The lowest BCUT2D eigenvalue weighted by molar-refractivity contribution is 0.449. The van der Waals surface area contributed by atoms with Crippen LogP contribution in [0.5, 0.6) is 0 Å². The van der Waals surface area contributed by atoms with Gasteiger partial charge in [-0.3, -0.25) is 9.82 Å². The fourth-order valence-corrected chi connectivity index (χ4v) is 4.23. The molecule has 0 amide bonds. The third-order valence-corrected chi connectivity index (χ3v) is 6.11. The van der Waals surface area contributed by atoms with E-state index in [2.05, 4.69) is 25.2 Å². The van der Waals surface area contributed by atoms with Gasteiger partial charge in [0, 0.05) is 37.5 Å². The first-order valence-electron chi connectivity index (χ1n) is 8.39. The van der Waals surface area contributed by atoms with Crippen LogP contribution < -0.4 is 10.0 Å². The van der Waals surface area contributed by atoms with Gasteiger partial charge in [-0.1, -0.05) is 6.92 Å². The van der Waals surface area contributed by atoms with E-state index in [0.717, 1.165) is 43.9 Å². The fraction of sp³-hybridized carbons (Fsp3) is 0.600. The predicted octanol–water partition coefficient (Wildman–Crippen LogP) is 1.07. The van der Waals surface area contributed by atoms with Crippen LogP contribution >= 0.6 is 0 Å². The zero-order valence-electron chi connectivity index (χ0n) is 13.6. The molecule has 8 nitrogen and oxygen atoms in total. The Morgan fingerprint density at radius 1 is 1.33 bits per heavy atom. The summed E-state index contributed by atoms with van der Waals surface area (Å²) in [6.07, 6.45) is 6.19. The maximum Gasteiger partial charge on any atom is 0.280 e. The minimum Gasteiger partial charge on any atom is -0.317 e. The summed E-state index contributed by atoms with van der Waals surface area (Å²) in [6, 6.07) is 0. The molecule has 2 aromatic heterocycles. The van der Waals surface area contributed by atoms with Gasteiger partial charge in [-0.05, 0) is 18.8 Å². The molecule has 1 aliphatic heterocycles. The average Bonchev–Trinajstić information content (AvgIpc) is 3.04. The van der Waals surface area contributed by atoms with Crippen LogP contribution in [0.4, 0.5) is 5.82 Å². The molecule has 3 heterocycles. The number of nitrogens with one attached hydrogen (secondary N) is 3. The molecule has 1 aliphatic carbocycles. The van der Waals surface area contributed by atoms with Crippen LogP contribution in [0.1, 0.15) is 37.1 Å². The lowest BCUT2D eigenvalue weighted by Crippen LogP contribution is -2.40. The summed E-state index contributed by atoms with van der Waals surface area (Å²) in [5.41, 5.74) is 0.904. The number of anilines is 1. The fourth-order valence-electron chi connectivity index (χ4n) is 3.03. The smallest absolute Gasteiger partial charge is 0.280 e. The van der Waals surface area contributed by atoms with Crippen LogP contribution in [0.2, 0.25) is 0 Å². The number of hydrogen-bond donors (Lipinski definition) is 3. The Bertz CT molecular complexity index is 832. The lowest BCUT2D eigenvalue weighted by Gasteiger charge is -2.27. The summed E-state index contributed by atoms with van der Waals surface area (Å²) in [5.74, 6) is 2.14. The van der Waals surface area contributed by atoms with Crippen molar-refractivity contribution in [3.8, 4) is 0 Å². The van der Waals surface area contributed by atoms with Crippen LogP contribution in [-0.4, -0.2) is 41.3 Å². The van der Waals surface area contributed by atoms with Crippen molar-refractivity contribution in [1.82, 2.24) is 25.1 Å². The summed E-state index contributed by atoms with van der Waals surface area (Å²) < 4.78 is 30.3. The van der Waals surface area contributed by atoms with Crippen molar-refractivity contribution >= 4 is 15.8 Å².